The lowest BCUT2D eigenvalue weighted by Crippen LogP contribution is -2.16. The van der Waals surface area contributed by atoms with Gasteiger partial charge < -0.3 is 0 Å². The molecule has 0 bridgehead atoms. The third kappa shape index (κ3) is 2.54. The Hall–Kier alpha value is -0.440. The van der Waals surface area contributed by atoms with Gasteiger partial charge in [0.05, 0.1) is 20.0 Å². The van der Waals surface area contributed by atoms with Crippen LogP contribution in [0.25, 0.3) is 10.8 Å². The lowest BCUT2D eigenvalue weighted by Gasteiger charge is -2.18. The van der Waals surface area contributed by atoms with Crippen LogP contribution >= 0.6 is 15.2 Å². The fraction of sp³-hybridized carbons (Fsp3) is 0.333. The predicted molar refractivity (Wildman–Crippen MR) is 86.7 cm³/mol. The second-order valence-corrected chi connectivity index (χ2v) is 12.3. The highest BCUT2D eigenvalue weighted by Gasteiger charge is 2.25. The quantitative estimate of drug-likeness (QED) is 0.724. The van der Waals surface area contributed by atoms with E-state index in [1.165, 1.54) is 10.8 Å². The zero-order valence-corrected chi connectivity index (χ0v) is 13.1. The molecular formula is C15H21P2+. The summed E-state index contributed by atoms with van der Waals surface area (Å²) in [6.07, 6.45) is 0. The average Bonchev–Trinajstić information content (AvgIpc) is 2.26. The lowest BCUT2D eigenvalue weighted by atomic mass is 10.1. The molecule has 90 valence electrons. The lowest BCUT2D eigenvalue weighted by molar-refractivity contribution is 1.80. The molecule has 0 aliphatic carbocycles. The Labute approximate surface area is 107 Å². The van der Waals surface area contributed by atoms with Crippen LogP contribution in [0, 0.1) is 0 Å². The minimum Gasteiger partial charge on any atom is -0.0808 e. The van der Waals surface area contributed by atoms with E-state index in [1.807, 2.05) is 0 Å². The van der Waals surface area contributed by atoms with E-state index in [9.17, 15) is 0 Å². The first kappa shape index (κ1) is 13.0. The van der Waals surface area contributed by atoms with E-state index in [0.717, 1.165) is 0 Å². The van der Waals surface area contributed by atoms with Crippen molar-refractivity contribution in [2.24, 2.45) is 0 Å². The molecule has 0 heterocycles. The molecule has 0 aliphatic rings. The molecule has 0 aliphatic heterocycles. The molecule has 2 aromatic rings. The minimum atomic E-state index is -0.970. The van der Waals surface area contributed by atoms with Crippen molar-refractivity contribution in [1.29, 1.82) is 0 Å². The summed E-state index contributed by atoms with van der Waals surface area (Å²) in [7, 11) is -1.01. The van der Waals surface area contributed by atoms with Gasteiger partial charge in [-0.25, -0.2) is 0 Å². The van der Waals surface area contributed by atoms with E-state index in [0.29, 0.717) is 0 Å². The summed E-state index contributed by atoms with van der Waals surface area (Å²) in [5, 5.41) is 6.09. The van der Waals surface area contributed by atoms with Gasteiger partial charge in [0.1, 0.15) is 5.30 Å². The zero-order valence-electron chi connectivity index (χ0n) is 11.4. The summed E-state index contributed by atoms with van der Waals surface area (Å²) in [4.78, 5) is 0. The third-order valence-corrected chi connectivity index (χ3v) is 6.22. The van der Waals surface area contributed by atoms with Gasteiger partial charge in [-0.1, -0.05) is 38.3 Å². The van der Waals surface area contributed by atoms with E-state index in [4.69, 9.17) is 0 Å². The number of fused-ring (bicyclic) bond motifs is 1. The molecule has 0 aromatic heterocycles. The summed E-state index contributed by atoms with van der Waals surface area (Å²) < 4.78 is 0. The fourth-order valence-corrected chi connectivity index (χ4v) is 4.86. The smallest absolute Gasteiger partial charge is 0.0808 e. The zero-order chi connectivity index (χ0) is 12.6. The second-order valence-electron chi connectivity index (χ2n) is 5.56. The maximum Gasteiger partial charge on any atom is 0.101 e. The molecule has 0 nitrogen and oxygen atoms in total. The van der Waals surface area contributed by atoms with Gasteiger partial charge in [0.2, 0.25) is 0 Å². The molecule has 0 unspecified atom stereocenters. The van der Waals surface area contributed by atoms with Gasteiger partial charge in [0, 0.05) is 12.6 Å². The monoisotopic (exact) mass is 263 g/mol. The van der Waals surface area contributed by atoms with Crippen LogP contribution in [0.4, 0.5) is 0 Å². The van der Waals surface area contributed by atoms with Gasteiger partial charge in [0.15, 0.2) is 0 Å². The molecule has 0 radical (unpaired) electrons. The van der Waals surface area contributed by atoms with Crippen molar-refractivity contribution in [2.45, 2.75) is 0 Å². The molecule has 0 saturated carbocycles. The van der Waals surface area contributed by atoms with Gasteiger partial charge in [-0.2, -0.15) is 0 Å². The van der Waals surface area contributed by atoms with Crippen molar-refractivity contribution in [2.75, 3.05) is 33.3 Å². The first-order chi connectivity index (χ1) is 7.91. The van der Waals surface area contributed by atoms with Crippen LogP contribution in [0.2, 0.25) is 0 Å². The first-order valence-corrected chi connectivity index (χ1v) is 11.3. The van der Waals surface area contributed by atoms with Gasteiger partial charge in [0.25, 0.3) is 0 Å². The van der Waals surface area contributed by atoms with Crippen LogP contribution in [0.5, 0.6) is 0 Å². The van der Waals surface area contributed by atoms with Gasteiger partial charge in [-0.3, -0.25) is 0 Å². The third-order valence-electron chi connectivity index (χ3n) is 3.07. The van der Waals surface area contributed by atoms with E-state index in [1.54, 1.807) is 10.6 Å². The molecule has 17 heavy (non-hydrogen) atoms. The minimum absolute atomic E-state index is 0.0410. The molecule has 0 atom stereocenters. The summed E-state index contributed by atoms with van der Waals surface area (Å²) in [5.74, 6) is 0. The number of benzene rings is 2. The normalized spacial score (nSPS) is 12.4. The van der Waals surface area contributed by atoms with Gasteiger partial charge >= 0.3 is 0 Å². The van der Waals surface area contributed by atoms with E-state index < -0.39 is 7.26 Å². The van der Waals surface area contributed by atoms with E-state index >= 15 is 0 Å². The Morgan fingerprint density at radius 1 is 0.882 bits per heavy atom. The number of hydrogen-bond donors (Lipinski definition) is 0. The van der Waals surface area contributed by atoms with Gasteiger partial charge in [-0.05, 0) is 30.1 Å². The van der Waals surface area contributed by atoms with Crippen molar-refractivity contribution in [3.63, 3.8) is 0 Å². The summed E-state index contributed by atoms with van der Waals surface area (Å²) in [6, 6.07) is 13.5. The summed E-state index contributed by atoms with van der Waals surface area (Å²) in [6.45, 7) is 11.9. The molecule has 0 saturated heterocycles. The van der Waals surface area contributed by atoms with Crippen molar-refractivity contribution >= 4 is 36.6 Å². The highest BCUT2D eigenvalue weighted by molar-refractivity contribution is 7.81. The average molecular weight is 263 g/mol. The molecule has 2 heteroatoms. The standard InChI is InChI=1S/C15H21P2/c1-16(2)13-10-6-8-12-9-7-11-14(15(12)13)17(3,4)5/h6-11H,1-5H3/q+1. The Morgan fingerprint density at radius 2 is 1.47 bits per heavy atom. The van der Waals surface area contributed by atoms with Crippen LogP contribution in [0.1, 0.15) is 0 Å². The van der Waals surface area contributed by atoms with Crippen molar-refractivity contribution in [1.82, 2.24) is 0 Å². The van der Waals surface area contributed by atoms with Crippen LogP contribution < -0.4 is 10.6 Å². The van der Waals surface area contributed by atoms with Crippen LogP contribution in [0.3, 0.4) is 0 Å². The van der Waals surface area contributed by atoms with Crippen molar-refractivity contribution < 1.29 is 0 Å². The maximum absolute atomic E-state index is 2.41. The van der Waals surface area contributed by atoms with Gasteiger partial charge in [-0.15, -0.1) is 0 Å². The topological polar surface area (TPSA) is 0 Å². The molecule has 2 aromatic carbocycles. The van der Waals surface area contributed by atoms with E-state index in [2.05, 4.69) is 69.7 Å². The van der Waals surface area contributed by atoms with Crippen LogP contribution in [-0.2, 0) is 0 Å². The molecule has 0 spiro atoms. The summed E-state index contributed by atoms with van der Waals surface area (Å²) >= 11 is 0. The van der Waals surface area contributed by atoms with Crippen molar-refractivity contribution in [3.05, 3.63) is 36.4 Å². The SMILES string of the molecule is CP(C)c1cccc2cccc([P+](C)(C)C)c12. The van der Waals surface area contributed by atoms with Crippen molar-refractivity contribution in [3.8, 4) is 0 Å². The largest absolute Gasteiger partial charge is 0.101 e. The Kier molecular flexibility index (Phi) is 3.58. The molecule has 2 rings (SSSR count). The first-order valence-electron chi connectivity index (χ1n) is 5.92. The highest BCUT2D eigenvalue weighted by atomic mass is 31.2. The highest BCUT2D eigenvalue weighted by Crippen LogP contribution is 2.47. The Bertz CT molecular complexity index is 531. The number of rotatable bonds is 2. The maximum atomic E-state index is 2.41. The fourth-order valence-electron chi connectivity index (χ4n) is 2.23. The second kappa shape index (κ2) is 4.68. The summed E-state index contributed by atoms with van der Waals surface area (Å²) in [5.41, 5.74) is 0. The van der Waals surface area contributed by atoms with Crippen LogP contribution in [0.15, 0.2) is 36.4 Å². The Balaban J connectivity index is 2.86. The van der Waals surface area contributed by atoms with E-state index in [-0.39, 0.29) is 7.92 Å². The number of hydrogen-bond acceptors (Lipinski definition) is 0. The molecular weight excluding hydrogens is 242 g/mol. The van der Waals surface area contributed by atoms with Crippen LogP contribution in [-0.4, -0.2) is 33.3 Å². The molecule has 0 N–H and O–H groups in total. The molecule has 0 amide bonds. The predicted octanol–water partition coefficient (Wildman–Crippen LogP) is 3.74. The molecule has 0 fully saturated rings. The Morgan fingerprint density at radius 3 is 2.00 bits per heavy atom.